The molecule has 0 bridgehead atoms. The molecule has 0 aromatic rings. The van der Waals surface area contributed by atoms with Gasteiger partial charge in [0.15, 0.2) is 0 Å². The summed E-state index contributed by atoms with van der Waals surface area (Å²) in [5, 5.41) is 5.75. The van der Waals surface area contributed by atoms with Crippen molar-refractivity contribution in [2.24, 2.45) is 0 Å². The molecule has 1 aliphatic rings. The number of carbonyl (C=O) groups excluding carboxylic acids is 1. The molecule has 1 rings (SSSR count). The van der Waals surface area contributed by atoms with Crippen LogP contribution in [0.1, 0.15) is 19.3 Å². The average molecular weight is 234 g/mol. The molecule has 1 amide bonds. The molecule has 1 heterocycles. The van der Waals surface area contributed by atoms with Gasteiger partial charge in [0, 0.05) is 12.6 Å². The Balaban J connectivity index is 2.07. The van der Waals surface area contributed by atoms with E-state index in [9.17, 15) is 4.79 Å². The van der Waals surface area contributed by atoms with E-state index in [4.69, 9.17) is 14.4 Å². The number of hydrogen-bond acceptors (Lipinski definition) is 5. The van der Waals surface area contributed by atoms with Gasteiger partial charge in [-0.25, -0.2) is 0 Å². The molecular weight excluding hydrogens is 216 g/mol. The molecule has 5 N–H and O–H groups in total. The Hall–Kier alpha value is -0.473. The highest BCUT2D eigenvalue weighted by Crippen LogP contribution is 2.05. The summed E-state index contributed by atoms with van der Waals surface area (Å²) < 4.78 is 0. The summed E-state index contributed by atoms with van der Waals surface area (Å²) >= 11 is 0. The zero-order chi connectivity index (χ0) is 11.3. The van der Waals surface area contributed by atoms with Gasteiger partial charge < -0.3 is 25.0 Å². The van der Waals surface area contributed by atoms with Gasteiger partial charge in [0.05, 0.1) is 6.04 Å². The van der Waals surface area contributed by atoms with E-state index in [0.717, 1.165) is 19.4 Å². The van der Waals surface area contributed by atoms with Crippen LogP contribution in [0, 0.1) is 0 Å². The van der Waals surface area contributed by atoms with Crippen LogP contribution >= 0.6 is 0 Å². The Bertz CT molecular complexity index is 213. The molecule has 0 aromatic heterocycles. The van der Waals surface area contributed by atoms with Gasteiger partial charge in [-0.15, -0.1) is 0 Å². The Morgan fingerprint density at radius 3 is 2.73 bits per heavy atom. The highest BCUT2D eigenvalue weighted by Gasteiger charge is 2.26. The number of nitrogens with one attached hydrogen (secondary N) is 2. The van der Waals surface area contributed by atoms with Gasteiger partial charge in [0.1, 0.15) is 0 Å². The highest BCUT2D eigenvalue weighted by molar-refractivity contribution is 6.56. The molecule has 88 valence electrons. The summed E-state index contributed by atoms with van der Waals surface area (Å²) in [4.78, 5) is 37.6. The molecule has 1 fully saturated rings. The summed E-state index contributed by atoms with van der Waals surface area (Å²) in [7, 11) is -3.93. The van der Waals surface area contributed by atoms with Crippen LogP contribution in [-0.2, 0) is 4.79 Å². The van der Waals surface area contributed by atoms with Crippen molar-refractivity contribution >= 4 is 14.7 Å². The van der Waals surface area contributed by atoms with Crippen LogP contribution in [0.5, 0.6) is 0 Å². The van der Waals surface area contributed by atoms with Crippen molar-refractivity contribution in [1.82, 2.24) is 10.6 Å². The first-order valence-corrected chi connectivity index (χ1v) is 7.22. The first-order chi connectivity index (χ1) is 6.99. The Labute approximate surface area is 89.7 Å². The fourth-order valence-corrected chi connectivity index (χ4v) is 2.22. The maximum Gasteiger partial charge on any atom is 0.492 e. The van der Waals surface area contributed by atoms with Crippen LogP contribution in [0.15, 0.2) is 0 Å². The van der Waals surface area contributed by atoms with E-state index in [1.165, 1.54) is 0 Å². The molecule has 0 spiro atoms. The standard InChI is InChI=1S/C8H18N2O4Si/c11-8(7-3-1-4-9-7)10-5-2-6-15(12,13)14/h7,9,12-14H,1-6H2,(H,10,11)/t7-/m0/s1. The second-order valence-corrected chi connectivity index (χ2v) is 5.87. The monoisotopic (exact) mass is 234 g/mol. The third kappa shape index (κ3) is 5.24. The fourth-order valence-electron chi connectivity index (χ4n) is 1.57. The van der Waals surface area contributed by atoms with Crippen LogP contribution in [0.3, 0.4) is 0 Å². The van der Waals surface area contributed by atoms with E-state index in [-0.39, 0.29) is 18.0 Å². The highest BCUT2D eigenvalue weighted by atomic mass is 28.4. The maximum absolute atomic E-state index is 11.4. The first-order valence-electron chi connectivity index (χ1n) is 5.17. The van der Waals surface area contributed by atoms with Crippen LogP contribution in [-0.4, -0.2) is 48.2 Å². The normalized spacial score (nSPS) is 21.7. The molecule has 0 unspecified atom stereocenters. The van der Waals surface area contributed by atoms with Crippen molar-refractivity contribution in [2.75, 3.05) is 13.1 Å². The second kappa shape index (κ2) is 5.57. The zero-order valence-electron chi connectivity index (χ0n) is 8.57. The quantitative estimate of drug-likeness (QED) is 0.284. The largest absolute Gasteiger partial charge is 0.492 e. The van der Waals surface area contributed by atoms with Crippen molar-refractivity contribution in [3.8, 4) is 0 Å². The molecule has 6 nitrogen and oxygen atoms in total. The third-order valence-corrected chi connectivity index (χ3v) is 3.39. The summed E-state index contributed by atoms with van der Waals surface area (Å²) in [6, 6.07) is -0.143. The molecule has 1 atom stereocenters. The fraction of sp³-hybridized carbons (Fsp3) is 0.875. The van der Waals surface area contributed by atoms with E-state index in [1.807, 2.05) is 0 Å². The van der Waals surface area contributed by atoms with Gasteiger partial charge in [-0.05, 0) is 25.8 Å². The van der Waals surface area contributed by atoms with Gasteiger partial charge >= 0.3 is 8.80 Å². The first kappa shape index (κ1) is 12.6. The molecule has 15 heavy (non-hydrogen) atoms. The summed E-state index contributed by atoms with van der Waals surface area (Å²) in [5.74, 6) is -0.0476. The van der Waals surface area contributed by atoms with Crippen molar-refractivity contribution in [2.45, 2.75) is 31.3 Å². The van der Waals surface area contributed by atoms with Crippen LogP contribution in [0.2, 0.25) is 6.04 Å². The van der Waals surface area contributed by atoms with Gasteiger partial charge in [0.25, 0.3) is 0 Å². The molecular formula is C8H18N2O4Si. The third-order valence-electron chi connectivity index (χ3n) is 2.36. The summed E-state index contributed by atoms with van der Waals surface area (Å²) in [5.41, 5.74) is 0. The lowest BCUT2D eigenvalue weighted by molar-refractivity contribution is -0.122. The molecule has 0 aliphatic carbocycles. The van der Waals surface area contributed by atoms with Crippen LogP contribution in [0.4, 0.5) is 0 Å². The predicted octanol–water partition coefficient (Wildman–Crippen LogP) is -1.84. The Morgan fingerprint density at radius 1 is 1.47 bits per heavy atom. The topological polar surface area (TPSA) is 102 Å². The van der Waals surface area contributed by atoms with E-state index in [0.29, 0.717) is 13.0 Å². The molecule has 1 aliphatic heterocycles. The Kier molecular flexibility index (Phi) is 4.67. The van der Waals surface area contributed by atoms with E-state index in [1.54, 1.807) is 0 Å². The molecule has 1 saturated heterocycles. The number of carbonyl (C=O) groups is 1. The predicted molar refractivity (Wildman–Crippen MR) is 55.9 cm³/mol. The van der Waals surface area contributed by atoms with Crippen molar-refractivity contribution in [1.29, 1.82) is 0 Å². The lowest BCUT2D eigenvalue weighted by atomic mass is 10.2. The zero-order valence-corrected chi connectivity index (χ0v) is 9.57. The maximum atomic E-state index is 11.4. The minimum Gasteiger partial charge on any atom is -0.390 e. The number of amides is 1. The molecule has 7 heteroatoms. The SMILES string of the molecule is O=C(NCCC[Si](O)(O)O)[C@@H]1CCCN1. The lowest BCUT2D eigenvalue weighted by Crippen LogP contribution is -2.41. The van der Waals surface area contributed by atoms with Gasteiger partial charge in [0.2, 0.25) is 5.91 Å². The minimum absolute atomic E-state index is 0.0363. The smallest absolute Gasteiger partial charge is 0.390 e. The lowest BCUT2D eigenvalue weighted by Gasteiger charge is -2.12. The molecule has 0 aromatic carbocycles. The van der Waals surface area contributed by atoms with Gasteiger partial charge in [-0.1, -0.05) is 0 Å². The number of rotatable bonds is 5. The second-order valence-electron chi connectivity index (χ2n) is 3.82. The van der Waals surface area contributed by atoms with Crippen LogP contribution < -0.4 is 10.6 Å². The summed E-state index contributed by atoms with van der Waals surface area (Å²) in [6.45, 7) is 1.24. The Morgan fingerprint density at radius 2 is 2.20 bits per heavy atom. The average Bonchev–Trinajstić information content (AvgIpc) is 2.63. The van der Waals surface area contributed by atoms with E-state index >= 15 is 0 Å². The van der Waals surface area contributed by atoms with Gasteiger partial charge in [-0.2, -0.15) is 0 Å². The van der Waals surface area contributed by atoms with Crippen molar-refractivity contribution in [3.05, 3.63) is 0 Å². The van der Waals surface area contributed by atoms with Crippen molar-refractivity contribution < 1.29 is 19.2 Å². The van der Waals surface area contributed by atoms with E-state index < -0.39 is 8.80 Å². The van der Waals surface area contributed by atoms with E-state index in [2.05, 4.69) is 10.6 Å². The van der Waals surface area contributed by atoms with Gasteiger partial charge in [-0.3, -0.25) is 4.79 Å². The summed E-state index contributed by atoms with van der Waals surface area (Å²) in [6.07, 6.45) is 2.25. The van der Waals surface area contributed by atoms with Crippen LogP contribution in [0.25, 0.3) is 0 Å². The van der Waals surface area contributed by atoms with Crippen molar-refractivity contribution in [3.63, 3.8) is 0 Å². The number of hydrogen-bond donors (Lipinski definition) is 5. The minimum atomic E-state index is -3.93. The molecule has 0 radical (unpaired) electrons. The molecule has 0 saturated carbocycles.